The van der Waals surface area contributed by atoms with Crippen LogP contribution in [0, 0.1) is 6.92 Å². The molecule has 0 aliphatic rings. The third kappa shape index (κ3) is 1.50. The molecule has 0 saturated heterocycles. The number of hydrazine groups is 1. The predicted octanol–water partition coefficient (Wildman–Crippen LogP) is 2.38. The maximum Gasteiger partial charge on any atom is 0.143 e. The molecule has 4 nitrogen and oxygen atoms in total. The summed E-state index contributed by atoms with van der Waals surface area (Å²) in [7, 11) is 0. The van der Waals surface area contributed by atoms with Crippen LogP contribution in [0.25, 0.3) is 21.7 Å². The lowest BCUT2D eigenvalue weighted by molar-refractivity contribution is 1.23. The van der Waals surface area contributed by atoms with Crippen molar-refractivity contribution < 1.29 is 0 Å². The molecule has 0 bridgehead atoms. The summed E-state index contributed by atoms with van der Waals surface area (Å²) in [5.41, 5.74) is 4.58. The van der Waals surface area contributed by atoms with Gasteiger partial charge in [0.15, 0.2) is 0 Å². The third-order valence-electron chi connectivity index (χ3n) is 2.93. The molecular weight excluding hydrogens is 212 g/mol. The van der Waals surface area contributed by atoms with E-state index in [-0.39, 0.29) is 0 Å². The molecule has 2 aromatic heterocycles. The standard InChI is InChI=1S/C13H12N4/c1-8-6-10-3-2-9-4-5-15-7-11(9)12(10)16-13(8)17-14/h2-7H,14H2,1H3,(H,16,17). The Morgan fingerprint density at radius 2 is 2.00 bits per heavy atom. The Hall–Kier alpha value is -2.20. The van der Waals surface area contributed by atoms with Crippen LogP contribution in [-0.2, 0) is 0 Å². The number of rotatable bonds is 1. The Morgan fingerprint density at radius 3 is 2.82 bits per heavy atom. The van der Waals surface area contributed by atoms with Crippen molar-refractivity contribution in [2.24, 2.45) is 5.84 Å². The lowest BCUT2D eigenvalue weighted by Crippen LogP contribution is -2.10. The highest BCUT2D eigenvalue weighted by Crippen LogP contribution is 2.26. The summed E-state index contributed by atoms with van der Waals surface area (Å²) in [5.74, 6) is 6.16. The van der Waals surface area contributed by atoms with Gasteiger partial charge in [0, 0.05) is 23.2 Å². The lowest BCUT2D eigenvalue weighted by atomic mass is 10.1. The van der Waals surface area contributed by atoms with Crippen molar-refractivity contribution >= 4 is 27.5 Å². The maximum absolute atomic E-state index is 5.46. The number of nitrogens with two attached hydrogens (primary N) is 1. The number of hydrogen-bond donors (Lipinski definition) is 2. The Bertz CT molecular complexity index is 706. The van der Waals surface area contributed by atoms with E-state index in [2.05, 4.69) is 33.6 Å². The predicted molar refractivity (Wildman–Crippen MR) is 69.6 cm³/mol. The number of benzene rings is 1. The average molecular weight is 224 g/mol. The van der Waals surface area contributed by atoms with Crippen LogP contribution in [0.5, 0.6) is 0 Å². The first kappa shape index (κ1) is 9.99. The van der Waals surface area contributed by atoms with Crippen molar-refractivity contribution in [1.82, 2.24) is 9.97 Å². The number of pyridine rings is 2. The molecule has 4 heteroatoms. The second-order valence-electron chi connectivity index (χ2n) is 4.03. The second kappa shape index (κ2) is 3.68. The minimum absolute atomic E-state index is 0.703. The van der Waals surface area contributed by atoms with Gasteiger partial charge in [-0.05, 0) is 30.0 Å². The fourth-order valence-corrected chi connectivity index (χ4v) is 2.05. The van der Waals surface area contributed by atoms with Crippen LogP contribution >= 0.6 is 0 Å². The van der Waals surface area contributed by atoms with Gasteiger partial charge in [-0.15, -0.1) is 0 Å². The summed E-state index contributed by atoms with van der Waals surface area (Å²) in [4.78, 5) is 8.69. The molecule has 0 fully saturated rings. The van der Waals surface area contributed by atoms with Crippen molar-refractivity contribution in [3.63, 3.8) is 0 Å². The minimum atomic E-state index is 0.703. The third-order valence-corrected chi connectivity index (χ3v) is 2.93. The van der Waals surface area contributed by atoms with Crippen LogP contribution in [0.4, 0.5) is 5.82 Å². The van der Waals surface area contributed by atoms with Gasteiger partial charge in [0.05, 0.1) is 5.52 Å². The molecule has 0 saturated carbocycles. The van der Waals surface area contributed by atoms with Gasteiger partial charge in [0.2, 0.25) is 0 Å². The molecule has 17 heavy (non-hydrogen) atoms. The minimum Gasteiger partial charge on any atom is -0.308 e. The first-order chi connectivity index (χ1) is 8.29. The van der Waals surface area contributed by atoms with E-state index >= 15 is 0 Å². The molecule has 0 aliphatic heterocycles. The Labute approximate surface area is 98.5 Å². The molecule has 3 rings (SSSR count). The summed E-state index contributed by atoms with van der Waals surface area (Å²) in [6, 6.07) is 8.20. The van der Waals surface area contributed by atoms with E-state index in [1.54, 1.807) is 6.20 Å². The van der Waals surface area contributed by atoms with Gasteiger partial charge in [0.25, 0.3) is 0 Å². The van der Waals surface area contributed by atoms with Crippen LogP contribution in [-0.4, -0.2) is 9.97 Å². The topological polar surface area (TPSA) is 63.8 Å². The van der Waals surface area contributed by atoms with Crippen molar-refractivity contribution in [2.75, 3.05) is 5.43 Å². The van der Waals surface area contributed by atoms with Gasteiger partial charge in [-0.1, -0.05) is 12.1 Å². The molecule has 0 radical (unpaired) electrons. The van der Waals surface area contributed by atoms with Crippen molar-refractivity contribution in [2.45, 2.75) is 6.92 Å². The van der Waals surface area contributed by atoms with E-state index < -0.39 is 0 Å². The molecule has 0 unspecified atom stereocenters. The number of aromatic nitrogens is 2. The molecule has 0 amide bonds. The zero-order chi connectivity index (χ0) is 11.8. The quantitative estimate of drug-likeness (QED) is 0.378. The molecule has 0 aliphatic carbocycles. The Morgan fingerprint density at radius 1 is 1.18 bits per heavy atom. The Balaban J connectivity index is 2.48. The summed E-state index contributed by atoms with van der Waals surface area (Å²) in [6.45, 7) is 1.98. The molecule has 0 atom stereocenters. The number of nitrogens with zero attached hydrogens (tertiary/aromatic N) is 2. The maximum atomic E-state index is 5.46. The average Bonchev–Trinajstić information content (AvgIpc) is 2.37. The van der Waals surface area contributed by atoms with Crippen LogP contribution < -0.4 is 11.3 Å². The van der Waals surface area contributed by atoms with E-state index in [1.807, 2.05) is 19.2 Å². The molecule has 2 heterocycles. The number of aryl methyl sites for hydroxylation is 1. The lowest BCUT2D eigenvalue weighted by Gasteiger charge is -2.08. The monoisotopic (exact) mass is 224 g/mol. The molecule has 84 valence electrons. The van der Waals surface area contributed by atoms with E-state index in [9.17, 15) is 0 Å². The van der Waals surface area contributed by atoms with Crippen LogP contribution in [0.1, 0.15) is 5.56 Å². The van der Waals surface area contributed by atoms with E-state index in [1.165, 1.54) is 0 Å². The first-order valence-electron chi connectivity index (χ1n) is 5.40. The van der Waals surface area contributed by atoms with Crippen molar-refractivity contribution in [3.05, 3.63) is 42.2 Å². The highest BCUT2D eigenvalue weighted by molar-refractivity contribution is 6.05. The van der Waals surface area contributed by atoms with Crippen molar-refractivity contribution in [3.8, 4) is 0 Å². The fourth-order valence-electron chi connectivity index (χ4n) is 2.05. The Kier molecular flexibility index (Phi) is 2.16. The van der Waals surface area contributed by atoms with Crippen LogP contribution in [0.15, 0.2) is 36.7 Å². The SMILES string of the molecule is Cc1cc2ccc3ccncc3c2nc1NN. The molecule has 3 N–H and O–H groups in total. The number of fused-ring (bicyclic) bond motifs is 3. The number of nitrogens with one attached hydrogen (secondary N) is 1. The van der Waals surface area contributed by atoms with Gasteiger partial charge >= 0.3 is 0 Å². The van der Waals surface area contributed by atoms with E-state index in [0.717, 1.165) is 27.2 Å². The zero-order valence-electron chi connectivity index (χ0n) is 9.44. The first-order valence-corrected chi connectivity index (χ1v) is 5.40. The normalized spacial score (nSPS) is 10.9. The fraction of sp³-hybridized carbons (Fsp3) is 0.0769. The number of anilines is 1. The summed E-state index contributed by atoms with van der Waals surface area (Å²) < 4.78 is 0. The van der Waals surface area contributed by atoms with Crippen LogP contribution in [0.3, 0.4) is 0 Å². The smallest absolute Gasteiger partial charge is 0.143 e. The highest BCUT2D eigenvalue weighted by Gasteiger charge is 2.05. The van der Waals surface area contributed by atoms with E-state index in [0.29, 0.717) is 5.82 Å². The van der Waals surface area contributed by atoms with Gasteiger partial charge in [-0.25, -0.2) is 10.8 Å². The number of hydrogen-bond acceptors (Lipinski definition) is 4. The zero-order valence-corrected chi connectivity index (χ0v) is 9.44. The van der Waals surface area contributed by atoms with Gasteiger partial charge in [-0.3, -0.25) is 4.98 Å². The molecular formula is C13H12N4. The molecule has 0 spiro atoms. The van der Waals surface area contributed by atoms with E-state index in [4.69, 9.17) is 5.84 Å². The summed E-state index contributed by atoms with van der Waals surface area (Å²) in [5, 5.41) is 3.27. The molecule has 1 aromatic carbocycles. The van der Waals surface area contributed by atoms with Gasteiger partial charge in [-0.2, -0.15) is 0 Å². The van der Waals surface area contributed by atoms with Crippen LogP contribution in [0.2, 0.25) is 0 Å². The second-order valence-corrected chi connectivity index (χ2v) is 4.03. The number of nitrogen functional groups attached to an aromatic ring is 1. The highest BCUT2D eigenvalue weighted by atomic mass is 15.2. The molecule has 3 aromatic rings. The summed E-state index contributed by atoms with van der Waals surface area (Å²) in [6.07, 6.45) is 3.62. The summed E-state index contributed by atoms with van der Waals surface area (Å²) >= 11 is 0. The largest absolute Gasteiger partial charge is 0.308 e. The van der Waals surface area contributed by atoms with Gasteiger partial charge in [0.1, 0.15) is 5.82 Å². The van der Waals surface area contributed by atoms with Gasteiger partial charge < -0.3 is 5.43 Å². The van der Waals surface area contributed by atoms with Crippen molar-refractivity contribution in [1.29, 1.82) is 0 Å².